The normalized spacial score (nSPS) is 30.2. The van der Waals surface area contributed by atoms with E-state index in [-0.39, 0.29) is 17.6 Å². The number of aliphatic hydroxyl groups excluding tert-OH is 1. The molecule has 4 nitrogen and oxygen atoms in total. The Balaban J connectivity index is 2.87. The molecule has 18 heavy (non-hydrogen) atoms. The van der Waals surface area contributed by atoms with Crippen molar-refractivity contribution < 1.29 is 19.8 Å². The minimum Gasteiger partial charge on any atom is -0.481 e. The van der Waals surface area contributed by atoms with Crippen molar-refractivity contribution in [1.29, 1.82) is 0 Å². The average Bonchev–Trinajstić information content (AvgIpc) is 2.28. The Bertz CT molecular complexity index is 311. The van der Waals surface area contributed by atoms with Gasteiger partial charge in [0.05, 0.1) is 6.61 Å². The summed E-state index contributed by atoms with van der Waals surface area (Å²) >= 11 is 0. The Morgan fingerprint density at radius 2 is 1.89 bits per heavy atom. The van der Waals surface area contributed by atoms with Crippen LogP contribution in [0.3, 0.4) is 0 Å². The predicted molar refractivity (Wildman–Crippen MR) is 68.1 cm³/mol. The Labute approximate surface area is 108 Å². The molecular weight excluding hydrogens is 232 g/mol. The summed E-state index contributed by atoms with van der Waals surface area (Å²) in [5.41, 5.74) is 0. The second kappa shape index (κ2) is 6.32. The lowest BCUT2D eigenvalue weighted by molar-refractivity contribution is -0.150. The summed E-state index contributed by atoms with van der Waals surface area (Å²) in [7, 11) is 0. The largest absolute Gasteiger partial charge is 0.481 e. The third-order valence-electron chi connectivity index (χ3n) is 4.21. The highest BCUT2D eigenvalue weighted by atomic mass is 16.4. The number of carbonyl (C=O) groups is 2. The van der Waals surface area contributed by atoms with Crippen LogP contribution in [0.2, 0.25) is 0 Å². The summed E-state index contributed by atoms with van der Waals surface area (Å²) in [6, 6.07) is 0. The number of ketones is 1. The van der Waals surface area contributed by atoms with Gasteiger partial charge < -0.3 is 10.2 Å². The summed E-state index contributed by atoms with van der Waals surface area (Å²) in [5.74, 6) is -1.86. The molecule has 0 aromatic rings. The Morgan fingerprint density at radius 3 is 2.33 bits per heavy atom. The van der Waals surface area contributed by atoms with Gasteiger partial charge in [-0.05, 0) is 30.6 Å². The number of aliphatic carboxylic acids is 1. The third-order valence-corrected chi connectivity index (χ3v) is 4.21. The van der Waals surface area contributed by atoms with Crippen LogP contribution in [0.15, 0.2) is 0 Å². The summed E-state index contributed by atoms with van der Waals surface area (Å²) in [4.78, 5) is 23.3. The van der Waals surface area contributed by atoms with Crippen LogP contribution in [-0.4, -0.2) is 28.6 Å². The zero-order chi connectivity index (χ0) is 13.9. The minimum atomic E-state index is -1.25. The van der Waals surface area contributed by atoms with Gasteiger partial charge in [0.2, 0.25) is 0 Å². The molecule has 0 amide bonds. The Kier molecular flexibility index (Phi) is 5.32. The van der Waals surface area contributed by atoms with Gasteiger partial charge in [-0.3, -0.25) is 9.59 Å². The van der Waals surface area contributed by atoms with E-state index in [0.717, 1.165) is 19.3 Å². The van der Waals surface area contributed by atoms with E-state index < -0.39 is 18.5 Å². The van der Waals surface area contributed by atoms with E-state index in [1.807, 2.05) is 0 Å². The molecule has 0 spiro atoms. The van der Waals surface area contributed by atoms with Gasteiger partial charge in [-0.15, -0.1) is 0 Å². The van der Waals surface area contributed by atoms with Crippen molar-refractivity contribution in [2.24, 2.45) is 29.6 Å². The Morgan fingerprint density at radius 1 is 1.28 bits per heavy atom. The molecule has 1 aliphatic carbocycles. The topological polar surface area (TPSA) is 74.6 Å². The highest BCUT2D eigenvalue weighted by Gasteiger charge is 2.40. The lowest BCUT2D eigenvalue weighted by atomic mass is 9.67. The predicted octanol–water partition coefficient (Wildman–Crippen LogP) is 1.96. The highest BCUT2D eigenvalue weighted by Crippen LogP contribution is 2.39. The van der Waals surface area contributed by atoms with Crippen molar-refractivity contribution in [3.63, 3.8) is 0 Å². The van der Waals surface area contributed by atoms with Crippen molar-refractivity contribution in [1.82, 2.24) is 0 Å². The first-order valence-electron chi connectivity index (χ1n) is 6.75. The third kappa shape index (κ3) is 3.31. The summed E-state index contributed by atoms with van der Waals surface area (Å²) in [6.45, 7) is 5.67. The molecule has 4 unspecified atom stereocenters. The lowest BCUT2D eigenvalue weighted by Gasteiger charge is -2.37. The quantitative estimate of drug-likeness (QED) is 0.737. The number of carbonyl (C=O) groups excluding carboxylic acids is 1. The van der Waals surface area contributed by atoms with E-state index in [1.165, 1.54) is 0 Å². The van der Waals surface area contributed by atoms with Crippen molar-refractivity contribution in [3.8, 4) is 0 Å². The molecule has 0 aliphatic heterocycles. The fraction of sp³-hybridized carbons (Fsp3) is 0.857. The fourth-order valence-corrected chi connectivity index (χ4v) is 3.08. The molecule has 4 atom stereocenters. The maximum absolute atomic E-state index is 12.3. The van der Waals surface area contributed by atoms with Gasteiger partial charge in [0.1, 0.15) is 5.92 Å². The zero-order valence-corrected chi connectivity index (χ0v) is 11.4. The van der Waals surface area contributed by atoms with E-state index in [0.29, 0.717) is 11.8 Å². The van der Waals surface area contributed by atoms with Gasteiger partial charge in [0.15, 0.2) is 5.78 Å². The number of Topliss-reactive ketones (excluding diaryl/α,β-unsaturated/α-hetero) is 1. The van der Waals surface area contributed by atoms with Crippen molar-refractivity contribution in [2.75, 3.05) is 6.61 Å². The standard InChI is InChI=1S/C14H24O4/c1-8(2)10-5-4-9(3)6-11(10)13(16)12(7-15)14(17)18/h8-12,15H,4-7H2,1-3H3,(H,17,18). The molecule has 1 rings (SSSR count). The van der Waals surface area contributed by atoms with Gasteiger partial charge >= 0.3 is 5.97 Å². The van der Waals surface area contributed by atoms with Crippen LogP contribution >= 0.6 is 0 Å². The maximum atomic E-state index is 12.3. The zero-order valence-electron chi connectivity index (χ0n) is 11.4. The van der Waals surface area contributed by atoms with Crippen LogP contribution in [-0.2, 0) is 9.59 Å². The number of aliphatic hydroxyl groups is 1. The molecule has 4 heteroatoms. The lowest BCUT2D eigenvalue weighted by Crippen LogP contribution is -2.40. The van der Waals surface area contributed by atoms with Gasteiger partial charge in [-0.1, -0.05) is 27.2 Å². The summed E-state index contributed by atoms with van der Waals surface area (Å²) in [6.07, 6.45) is 2.84. The monoisotopic (exact) mass is 256 g/mol. The number of carboxylic acids is 1. The number of carboxylic acid groups (broad SMARTS) is 1. The van der Waals surface area contributed by atoms with Gasteiger partial charge in [0, 0.05) is 5.92 Å². The Hall–Kier alpha value is -0.900. The van der Waals surface area contributed by atoms with Crippen LogP contribution in [0, 0.1) is 29.6 Å². The molecule has 1 fully saturated rings. The van der Waals surface area contributed by atoms with Crippen molar-refractivity contribution in [2.45, 2.75) is 40.0 Å². The number of hydrogen-bond donors (Lipinski definition) is 2. The van der Waals surface area contributed by atoms with Crippen LogP contribution in [0.1, 0.15) is 40.0 Å². The SMILES string of the molecule is CC1CCC(C(C)C)C(C(=O)C(CO)C(=O)O)C1. The van der Waals surface area contributed by atoms with Gasteiger partial charge in [0.25, 0.3) is 0 Å². The van der Waals surface area contributed by atoms with E-state index in [2.05, 4.69) is 20.8 Å². The number of rotatable bonds is 5. The molecule has 0 bridgehead atoms. The first-order chi connectivity index (χ1) is 8.38. The molecular formula is C14H24O4. The van der Waals surface area contributed by atoms with Crippen LogP contribution in [0.25, 0.3) is 0 Å². The van der Waals surface area contributed by atoms with Crippen molar-refractivity contribution in [3.05, 3.63) is 0 Å². The van der Waals surface area contributed by atoms with E-state index >= 15 is 0 Å². The maximum Gasteiger partial charge on any atom is 0.316 e. The molecule has 0 aromatic heterocycles. The fourth-order valence-electron chi connectivity index (χ4n) is 3.08. The summed E-state index contributed by atoms with van der Waals surface area (Å²) in [5, 5.41) is 18.1. The highest BCUT2D eigenvalue weighted by molar-refractivity contribution is 5.99. The molecule has 0 radical (unpaired) electrons. The number of hydrogen-bond acceptors (Lipinski definition) is 3. The smallest absolute Gasteiger partial charge is 0.316 e. The van der Waals surface area contributed by atoms with Gasteiger partial charge in [-0.2, -0.15) is 0 Å². The molecule has 1 aliphatic rings. The molecule has 104 valence electrons. The first kappa shape index (κ1) is 15.2. The molecule has 0 saturated heterocycles. The molecule has 0 aromatic carbocycles. The van der Waals surface area contributed by atoms with E-state index in [9.17, 15) is 9.59 Å². The van der Waals surface area contributed by atoms with E-state index in [1.54, 1.807) is 0 Å². The van der Waals surface area contributed by atoms with Crippen LogP contribution in [0.5, 0.6) is 0 Å². The first-order valence-corrected chi connectivity index (χ1v) is 6.75. The second-order valence-electron chi connectivity index (χ2n) is 5.91. The van der Waals surface area contributed by atoms with Crippen molar-refractivity contribution >= 4 is 11.8 Å². The average molecular weight is 256 g/mol. The van der Waals surface area contributed by atoms with E-state index in [4.69, 9.17) is 10.2 Å². The van der Waals surface area contributed by atoms with Gasteiger partial charge in [-0.25, -0.2) is 0 Å². The van der Waals surface area contributed by atoms with Crippen LogP contribution < -0.4 is 0 Å². The summed E-state index contributed by atoms with van der Waals surface area (Å²) < 4.78 is 0. The molecule has 1 saturated carbocycles. The minimum absolute atomic E-state index is 0.206. The van der Waals surface area contributed by atoms with Crippen LogP contribution in [0.4, 0.5) is 0 Å². The molecule has 0 heterocycles. The molecule has 2 N–H and O–H groups in total. The second-order valence-corrected chi connectivity index (χ2v) is 5.91.